The number of carbonyl (C=O) groups is 1. The van der Waals surface area contributed by atoms with Gasteiger partial charge in [-0.1, -0.05) is 54.4 Å². The summed E-state index contributed by atoms with van der Waals surface area (Å²) in [6.45, 7) is 8.14. The molecule has 0 aliphatic carbocycles. The van der Waals surface area contributed by atoms with Gasteiger partial charge in [0.1, 0.15) is 0 Å². The molecule has 31 heavy (non-hydrogen) atoms. The van der Waals surface area contributed by atoms with Crippen molar-refractivity contribution in [2.75, 3.05) is 19.6 Å². The Labute approximate surface area is 186 Å². The monoisotopic (exact) mass is 417 g/mol. The SMILES string of the molecule is Cc1ccc(Cn2cc(CCC(=O)NCCN3CCCC[C@@H]3C)c3ccccc32)cc1. The third-order valence-corrected chi connectivity index (χ3v) is 6.63. The number of aryl methyl sites for hydroxylation is 2. The first-order valence-electron chi connectivity index (χ1n) is 11.7. The van der Waals surface area contributed by atoms with Crippen LogP contribution in [0.2, 0.25) is 0 Å². The molecule has 1 aromatic heterocycles. The Morgan fingerprint density at radius 3 is 2.71 bits per heavy atom. The maximum Gasteiger partial charge on any atom is 0.220 e. The maximum absolute atomic E-state index is 12.5. The number of likely N-dealkylation sites (tertiary alicyclic amines) is 1. The maximum atomic E-state index is 12.5. The number of carbonyl (C=O) groups excluding carboxylic acids is 1. The van der Waals surface area contributed by atoms with E-state index in [1.165, 1.54) is 46.9 Å². The number of benzene rings is 2. The van der Waals surface area contributed by atoms with Crippen LogP contribution >= 0.6 is 0 Å². The average molecular weight is 418 g/mol. The van der Waals surface area contributed by atoms with Gasteiger partial charge in [-0.2, -0.15) is 0 Å². The van der Waals surface area contributed by atoms with Crippen molar-refractivity contribution in [2.24, 2.45) is 0 Å². The van der Waals surface area contributed by atoms with Crippen LogP contribution in [0.25, 0.3) is 10.9 Å². The average Bonchev–Trinajstić information content (AvgIpc) is 3.13. The fourth-order valence-electron chi connectivity index (χ4n) is 4.71. The topological polar surface area (TPSA) is 37.3 Å². The number of hydrogen-bond donors (Lipinski definition) is 1. The molecule has 4 nitrogen and oxygen atoms in total. The normalized spacial score (nSPS) is 17.2. The van der Waals surface area contributed by atoms with Gasteiger partial charge in [0.05, 0.1) is 0 Å². The van der Waals surface area contributed by atoms with Crippen molar-refractivity contribution >= 4 is 16.8 Å². The third-order valence-electron chi connectivity index (χ3n) is 6.63. The second kappa shape index (κ2) is 10.1. The van der Waals surface area contributed by atoms with Crippen LogP contribution in [-0.4, -0.2) is 41.1 Å². The highest BCUT2D eigenvalue weighted by molar-refractivity contribution is 5.85. The van der Waals surface area contributed by atoms with Crippen LogP contribution in [0.5, 0.6) is 0 Å². The minimum Gasteiger partial charge on any atom is -0.355 e. The molecule has 2 heterocycles. The first-order valence-corrected chi connectivity index (χ1v) is 11.7. The Balaban J connectivity index is 1.34. The molecule has 0 bridgehead atoms. The van der Waals surface area contributed by atoms with Crippen molar-refractivity contribution in [2.45, 2.75) is 58.5 Å². The summed E-state index contributed by atoms with van der Waals surface area (Å²) in [5.74, 6) is 0.153. The molecule has 1 saturated heterocycles. The number of nitrogens with zero attached hydrogens (tertiary/aromatic N) is 2. The van der Waals surface area contributed by atoms with Crippen molar-refractivity contribution in [1.82, 2.24) is 14.8 Å². The summed E-state index contributed by atoms with van der Waals surface area (Å²) in [7, 11) is 0. The fourth-order valence-corrected chi connectivity index (χ4v) is 4.71. The van der Waals surface area contributed by atoms with Crippen LogP contribution in [0, 0.1) is 6.92 Å². The predicted molar refractivity (Wildman–Crippen MR) is 128 cm³/mol. The molecule has 1 atom stereocenters. The number of fused-ring (bicyclic) bond motifs is 1. The summed E-state index contributed by atoms with van der Waals surface area (Å²) < 4.78 is 2.31. The summed E-state index contributed by atoms with van der Waals surface area (Å²) in [5.41, 5.74) is 5.06. The van der Waals surface area contributed by atoms with Gasteiger partial charge in [-0.25, -0.2) is 0 Å². The Morgan fingerprint density at radius 1 is 1.10 bits per heavy atom. The summed E-state index contributed by atoms with van der Waals surface area (Å²) >= 11 is 0. The van der Waals surface area contributed by atoms with E-state index < -0.39 is 0 Å². The minimum atomic E-state index is 0.153. The first-order chi connectivity index (χ1) is 15.1. The van der Waals surface area contributed by atoms with Crippen molar-refractivity contribution < 1.29 is 4.79 Å². The van der Waals surface area contributed by atoms with Crippen LogP contribution in [-0.2, 0) is 17.8 Å². The van der Waals surface area contributed by atoms with Crippen LogP contribution in [0.15, 0.2) is 54.7 Å². The highest BCUT2D eigenvalue weighted by Crippen LogP contribution is 2.24. The van der Waals surface area contributed by atoms with Crippen molar-refractivity contribution in [3.8, 4) is 0 Å². The number of piperidine rings is 1. The third kappa shape index (κ3) is 5.56. The lowest BCUT2D eigenvalue weighted by atomic mass is 10.0. The standard InChI is InChI=1S/C27H35N3O/c1-21-10-12-23(13-11-21)19-30-20-24(25-8-3-4-9-26(25)30)14-15-27(31)28-16-18-29-17-6-5-7-22(29)2/h3-4,8-13,20,22H,5-7,14-19H2,1-2H3,(H,28,31)/t22-/m0/s1. The van der Waals surface area contributed by atoms with E-state index in [0.717, 1.165) is 32.6 Å². The van der Waals surface area contributed by atoms with Crippen LogP contribution in [0.1, 0.15) is 49.3 Å². The molecule has 0 unspecified atom stereocenters. The molecule has 1 fully saturated rings. The van der Waals surface area contributed by atoms with Gasteiger partial charge in [0.15, 0.2) is 0 Å². The molecule has 164 valence electrons. The Hall–Kier alpha value is -2.59. The Bertz CT molecular complexity index is 1000. The molecule has 0 saturated carbocycles. The second-order valence-electron chi connectivity index (χ2n) is 9.02. The van der Waals surface area contributed by atoms with Crippen LogP contribution < -0.4 is 5.32 Å². The zero-order valence-electron chi connectivity index (χ0n) is 18.9. The van der Waals surface area contributed by atoms with E-state index in [4.69, 9.17) is 0 Å². The molecule has 1 aliphatic heterocycles. The summed E-state index contributed by atoms with van der Waals surface area (Å²) in [6.07, 6.45) is 7.43. The molecule has 0 spiro atoms. The van der Waals surface area contributed by atoms with Gasteiger partial charge in [-0.15, -0.1) is 0 Å². The highest BCUT2D eigenvalue weighted by Gasteiger charge is 2.17. The molecule has 4 heteroatoms. The number of aromatic nitrogens is 1. The van der Waals surface area contributed by atoms with Crippen LogP contribution in [0.3, 0.4) is 0 Å². The molecule has 0 radical (unpaired) electrons. The van der Waals surface area contributed by atoms with E-state index in [9.17, 15) is 4.79 Å². The zero-order chi connectivity index (χ0) is 21.6. The van der Waals surface area contributed by atoms with E-state index in [0.29, 0.717) is 12.5 Å². The number of nitrogens with one attached hydrogen (secondary N) is 1. The van der Waals surface area contributed by atoms with Crippen molar-refractivity contribution in [1.29, 1.82) is 0 Å². The van der Waals surface area contributed by atoms with E-state index in [-0.39, 0.29) is 5.91 Å². The van der Waals surface area contributed by atoms with Gasteiger partial charge in [0.2, 0.25) is 5.91 Å². The summed E-state index contributed by atoms with van der Waals surface area (Å²) in [6, 6.07) is 17.9. The lowest BCUT2D eigenvalue weighted by Gasteiger charge is -2.33. The zero-order valence-corrected chi connectivity index (χ0v) is 18.9. The second-order valence-corrected chi connectivity index (χ2v) is 9.02. The number of amides is 1. The molecule has 1 N–H and O–H groups in total. The number of rotatable bonds is 8. The van der Waals surface area contributed by atoms with Gasteiger partial charge in [-0.05, 0) is 56.8 Å². The largest absolute Gasteiger partial charge is 0.355 e. The van der Waals surface area contributed by atoms with Gasteiger partial charge >= 0.3 is 0 Å². The van der Waals surface area contributed by atoms with Crippen molar-refractivity contribution in [3.05, 3.63) is 71.4 Å². The lowest BCUT2D eigenvalue weighted by molar-refractivity contribution is -0.121. The fraction of sp³-hybridized carbons (Fsp3) is 0.444. The van der Waals surface area contributed by atoms with Crippen LogP contribution in [0.4, 0.5) is 0 Å². The molecular weight excluding hydrogens is 382 g/mol. The molecular formula is C27H35N3O. The summed E-state index contributed by atoms with van der Waals surface area (Å²) in [4.78, 5) is 15.0. The van der Waals surface area contributed by atoms with E-state index in [2.05, 4.69) is 83.4 Å². The highest BCUT2D eigenvalue weighted by atomic mass is 16.1. The molecule has 2 aromatic carbocycles. The van der Waals surface area contributed by atoms with E-state index in [1.807, 2.05) is 0 Å². The molecule has 1 aliphatic rings. The Morgan fingerprint density at radius 2 is 1.90 bits per heavy atom. The molecule has 3 aromatic rings. The minimum absolute atomic E-state index is 0.153. The van der Waals surface area contributed by atoms with Gasteiger partial charge in [0, 0.05) is 49.2 Å². The van der Waals surface area contributed by atoms with Gasteiger partial charge in [0.25, 0.3) is 0 Å². The van der Waals surface area contributed by atoms with E-state index >= 15 is 0 Å². The number of para-hydroxylation sites is 1. The first kappa shape index (κ1) is 21.6. The Kier molecular flexibility index (Phi) is 7.08. The predicted octanol–water partition coefficient (Wildman–Crippen LogP) is 4.92. The quantitative estimate of drug-likeness (QED) is 0.565. The summed E-state index contributed by atoms with van der Waals surface area (Å²) in [5, 5.41) is 4.39. The van der Waals surface area contributed by atoms with E-state index in [1.54, 1.807) is 0 Å². The smallest absolute Gasteiger partial charge is 0.220 e. The van der Waals surface area contributed by atoms with Crippen molar-refractivity contribution in [3.63, 3.8) is 0 Å². The number of hydrogen-bond acceptors (Lipinski definition) is 2. The molecule has 4 rings (SSSR count). The molecule has 1 amide bonds. The van der Waals surface area contributed by atoms with Gasteiger partial charge in [-0.3, -0.25) is 9.69 Å². The van der Waals surface area contributed by atoms with Gasteiger partial charge < -0.3 is 9.88 Å². The lowest BCUT2D eigenvalue weighted by Crippen LogP contribution is -2.42.